The Labute approximate surface area is 130 Å². The second-order valence-corrected chi connectivity index (χ2v) is 6.19. The van der Waals surface area contributed by atoms with Gasteiger partial charge in [-0.1, -0.05) is 35.6 Å². The Morgan fingerprint density at radius 3 is 3.05 bits per heavy atom. The Morgan fingerprint density at radius 1 is 1.32 bits per heavy atom. The number of nitro groups is 1. The quantitative estimate of drug-likeness (QED) is 0.527. The highest BCUT2D eigenvalue weighted by Crippen LogP contribution is 2.34. The lowest BCUT2D eigenvalue weighted by Gasteiger charge is -2.18. The number of hydrogen-bond acceptors (Lipinski definition) is 4. The highest BCUT2D eigenvalue weighted by Gasteiger charge is 2.23. The number of allylic oxidation sites excluding steroid dienone is 1. The molecular weight excluding hydrogens is 298 g/mol. The molecule has 0 spiro atoms. The van der Waals surface area contributed by atoms with Gasteiger partial charge in [-0.2, -0.15) is 9.38 Å². The summed E-state index contributed by atoms with van der Waals surface area (Å²) in [5.74, 6) is 0.0480. The second-order valence-electron chi connectivity index (χ2n) is 5.31. The second kappa shape index (κ2) is 5.06. The van der Waals surface area contributed by atoms with Crippen LogP contribution < -0.4 is 0 Å². The molecule has 0 amide bonds. The third-order valence-corrected chi connectivity index (χ3v) is 4.76. The minimum atomic E-state index is -0.353. The fourth-order valence-corrected chi connectivity index (χ4v) is 3.76. The molecule has 0 aliphatic heterocycles. The summed E-state index contributed by atoms with van der Waals surface area (Å²) in [6.45, 7) is 0. The number of imidazole rings is 1. The van der Waals surface area contributed by atoms with Crippen molar-refractivity contribution in [1.82, 2.24) is 9.38 Å². The highest BCUT2D eigenvalue weighted by molar-refractivity contribution is 7.15. The summed E-state index contributed by atoms with van der Waals surface area (Å²) in [6, 6.07) is 8.27. The molecule has 0 radical (unpaired) electrons. The van der Waals surface area contributed by atoms with E-state index >= 15 is 0 Å². The van der Waals surface area contributed by atoms with Gasteiger partial charge in [0.05, 0.1) is 0 Å². The van der Waals surface area contributed by atoms with E-state index in [1.54, 1.807) is 10.6 Å². The number of thiazole rings is 1. The van der Waals surface area contributed by atoms with Gasteiger partial charge in [-0.25, -0.2) is 0 Å². The highest BCUT2D eigenvalue weighted by atomic mass is 32.1. The van der Waals surface area contributed by atoms with Gasteiger partial charge in [-0.3, -0.25) is 0 Å². The van der Waals surface area contributed by atoms with Crippen molar-refractivity contribution < 1.29 is 4.92 Å². The minimum Gasteiger partial charge on any atom is -0.358 e. The van der Waals surface area contributed by atoms with Crippen LogP contribution in [0, 0.1) is 10.1 Å². The lowest BCUT2D eigenvalue weighted by atomic mass is 9.87. The fraction of sp³-hybridized carbons (Fsp3) is 0.188. The van der Waals surface area contributed by atoms with E-state index in [1.165, 1.54) is 22.5 Å². The maximum atomic E-state index is 11.4. The molecule has 1 aromatic carbocycles. The predicted molar refractivity (Wildman–Crippen MR) is 87.0 cm³/mol. The maximum Gasteiger partial charge on any atom is 0.356 e. The normalized spacial score (nSPS) is 16.1. The lowest BCUT2D eigenvalue weighted by Crippen LogP contribution is -2.01. The van der Waals surface area contributed by atoms with Crippen LogP contribution in [0.4, 0.5) is 5.82 Å². The molecule has 2 aromatic heterocycles. The summed E-state index contributed by atoms with van der Waals surface area (Å²) < 4.78 is 1.55. The lowest BCUT2D eigenvalue weighted by molar-refractivity contribution is -0.390. The number of aryl methyl sites for hydroxylation is 1. The van der Waals surface area contributed by atoms with Gasteiger partial charge < -0.3 is 10.1 Å². The summed E-state index contributed by atoms with van der Waals surface area (Å²) in [7, 11) is 0. The molecule has 0 bridgehead atoms. The summed E-state index contributed by atoms with van der Waals surface area (Å²) >= 11 is 1.41. The smallest absolute Gasteiger partial charge is 0.356 e. The van der Waals surface area contributed by atoms with E-state index in [-0.39, 0.29) is 10.7 Å². The topological polar surface area (TPSA) is 60.4 Å². The molecule has 1 aliphatic carbocycles. The van der Waals surface area contributed by atoms with Crippen molar-refractivity contribution in [2.45, 2.75) is 19.3 Å². The number of hydrogen-bond donors (Lipinski definition) is 0. The van der Waals surface area contributed by atoms with Crippen molar-refractivity contribution in [2.75, 3.05) is 0 Å². The SMILES string of the molecule is O=[N+]([O-])c1c(/C=C2/CCCc3ccccc32)nc2sccn12. The van der Waals surface area contributed by atoms with Crippen molar-refractivity contribution >= 4 is 33.8 Å². The molecule has 6 heteroatoms. The number of aromatic nitrogens is 2. The van der Waals surface area contributed by atoms with Gasteiger partial charge in [0.15, 0.2) is 5.69 Å². The van der Waals surface area contributed by atoms with Gasteiger partial charge in [-0.15, -0.1) is 0 Å². The monoisotopic (exact) mass is 311 g/mol. The zero-order chi connectivity index (χ0) is 15.1. The molecule has 5 nitrogen and oxygen atoms in total. The van der Waals surface area contributed by atoms with E-state index in [2.05, 4.69) is 17.1 Å². The first-order valence-electron chi connectivity index (χ1n) is 7.13. The molecule has 110 valence electrons. The third-order valence-electron chi connectivity index (χ3n) is 4.00. The molecular formula is C16H13N3O2S. The Balaban J connectivity index is 1.89. The molecule has 1 aliphatic rings. The molecule has 0 N–H and O–H groups in total. The molecule has 0 unspecified atom stereocenters. The van der Waals surface area contributed by atoms with Crippen LogP contribution in [-0.2, 0) is 6.42 Å². The van der Waals surface area contributed by atoms with Gasteiger partial charge in [0.1, 0.15) is 6.20 Å². The van der Waals surface area contributed by atoms with Gasteiger partial charge >= 0.3 is 5.82 Å². The predicted octanol–water partition coefficient (Wildman–Crippen LogP) is 4.18. The Bertz CT molecular complexity index is 907. The summed E-state index contributed by atoms with van der Waals surface area (Å²) in [4.78, 5) is 16.1. The number of benzene rings is 1. The Kier molecular flexibility index (Phi) is 3.04. The van der Waals surface area contributed by atoms with Crippen molar-refractivity contribution in [3.63, 3.8) is 0 Å². The standard InChI is InChI=1S/C16H13N3O2S/c20-19(21)15-14(17-16-18(15)8-9-22-16)10-12-6-3-5-11-4-1-2-7-13(11)12/h1-2,4,7-10H,3,5-6H2/b12-10-. The number of nitrogens with zero attached hydrogens (tertiary/aromatic N) is 3. The van der Waals surface area contributed by atoms with E-state index in [0.717, 1.165) is 24.8 Å². The average molecular weight is 311 g/mol. The molecule has 22 heavy (non-hydrogen) atoms. The Hall–Kier alpha value is -2.47. The third kappa shape index (κ3) is 2.03. The van der Waals surface area contributed by atoms with Crippen LogP contribution >= 0.6 is 11.3 Å². The van der Waals surface area contributed by atoms with Crippen LogP contribution in [0.25, 0.3) is 16.6 Å². The molecule has 2 heterocycles. The van der Waals surface area contributed by atoms with Crippen LogP contribution in [0.15, 0.2) is 35.8 Å². The molecule has 0 saturated heterocycles. The van der Waals surface area contributed by atoms with Gasteiger partial charge in [0.25, 0.3) is 4.96 Å². The fourth-order valence-electron chi connectivity index (χ4n) is 3.04. The molecule has 4 rings (SSSR count). The van der Waals surface area contributed by atoms with Gasteiger partial charge in [0.2, 0.25) is 0 Å². The van der Waals surface area contributed by atoms with Crippen LogP contribution in [-0.4, -0.2) is 14.3 Å². The van der Waals surface area contributed by atoms with E-state index in [1.807, 2.05) is 23.6 Å². The largest absolute Gasteiger partial charge is 0.358 e. The van der Waals surface area contributed by atoms with Crippen molar-refractivity contribution in [3.8, 4) is 0 Å². The molecule has 3 aromatic rings. The van der Waals surface area contributed by atoms with Crippen LogP contribution in [0.5, 0.6) is 0 Å². The number of fused-ring (bicyclic) bond motifs is 2. The molecule has 0 fully saturated rings. The first-order valence-corrected chi connectivity index (χ1v) is 8.01. The Morgan fingerprint density at radius 2 is 2.18 bits per heavy atom. The van der Waals surface area contributed by atoms with Crippen LogP contribution in [0.2, 0.25) is 0 Å². The molecule has 0 saturated carbocycles. The van der Waals surface area contributed by atoms with Gasteiger partial charge in [-0.05, 0) is 47.0 Å². The first kappa shape index (κ1) is 13.2. The van der Waals surface area contributed by atoms with E-state index < -0.39 is 0 Å². The van der Waals surface area contributed by atoms with E-state index in [0.29, 0.717) is 10.7 Å². The number of rotatable bonds is 2. The van der Waals surface area contributed by atoms with Crippen molar-refractivity contribution in [1.29, 1.82) is 0 Å². The summed E-state index contributed by atoms with van der Waals surface area (Å²) in [5, 5.41) is 13.2. The van der Waals surface area contributed by atoms with Crippen LogP contribution in [0.3, 0.4) is 0 Å². The van der Waals surface area contributed by atoms with E-state index in [9.17, 15) is 10.1 Å². The zero-order valence-corrected chi connectivity index (χ0v) is 12.5. The van der Waals surface area contributed by atoms with Crippen molar-refractivity contribution in [2.24, 2.45) is 0 Å². The maximum absolute atomic E-state index is 11.4. The minimum absolute atomic E-state index is 0.0480. The summed E-state index contributed by atoms with van der Waals surface area (Å²) in [5.41, 5.74) is 4.09. The van der Waals surface area contributed by atoms with Crippen LogP contribution in [0.1, 0.15) is 29.7 Å². The molecule has 0 atom stereocenters. The van der Waals surface area contributed by atoms with Crippen molar-refractivity contribution in [3.05, 3.63) is 62.8 Å². The zero-order valence-electron chi connectivity index (χ0n) is 11.7. The summed E-state index contributed by atoms with van der Waals surface area (Å²) in [6.07, 6.45) is 6.64. The van der Waals surface area contributed by atoms with Gasteiger partial charge in [0, 0.05) is 5.38 Å². The first-order chi connectivity index (χ1) is 10.7. The average Bonchev–Trinajstić information content (AvgIpc) is 3.07. The van der Waals surface area contributed by atoms with E-state index in [4.69, 9.17) is 0 Å².